The first-order valence-electron chi connectivity index (χ1n) is 7.14. The zero-order valence-electron chi connectivity index (χ0n) is 12.4. The van der Waals surface area contributed by atoms with Crippen LogP contribution in [0, 0.1) is 17.8 Å². The second kappa shape index (κ2) is 7.97. The summed E-state index contributed by atoms with van der Waals surface area (Å²) in [5, 5.41) is 8.91. The van der Waals surface area contributed by atoms with Gasteiger partial charge in [0.25, 0.3) is 0 Å². The van der Waals surface area contributed by atoms with Crippen LogP contribution in [0.4, 0.5) is 0 Å². The Bertz CT molecular complexity index is 387. The molecule has 0 heterocycles. The standard InChI is InChI=1S/C14H23NO6/c1-8(2)13(18)20-7-21-14(19)11(15)9-3-5-10(6-4-9)12(16)17/h8-11H,3-7,15H2,1-2H3,(H,16,17). The normalized spacial score (nSPS) is 23.4. The minimum atomic E-state index is -0.808. The van der Waals surface area contributed by atoms with Crippen LogP contribution in [0.3, 0.4) is 0 Å². The number of rotatable bonds is 6. The van der Waals surface area contributed by atoms with Crippen LogP contribution in [-0.4, -0.2) is 35.8 Å². The smallest absolute Gasteiger partial charge is 0.326 e. The summed E-state index contributed by atoms with van der Waals surface area (Å²) in [5.41, 5.74) is 5.83. The summed E-state index contributed by atoms with van der Waals surface area (Å²) in [7, 11) is 0. The van der Waals surface area contributed by atoms with E-state index in [1.165, 1.54) is 0 Å². The predicted molar refractivity (Wildman–Crippen MR) is 72.9 cm³/mol. The van der Waals surface area contributed by atoms with E-state index >= 15 is 0 Å². The zero-order chi connectivity index (χ0) is 16.0. The Hall–Kier alpha value is -1.63. The van der Waals surface area contributed by atoms with E-state index in [0.717, 1.165) is 0 Å². The molecule has 1 aliphatic carbocycles. The van der Waals surface area contributed by atoms with E-state index in [-0.39, 0.29) is 17.8 Å². The van der Waals surface area contributed by atoms with Crippen LogP contribution in [0.15, 0.2) is 0 Å². The second-order valence-electron chi connectivity index (χ2n) is 5.68. The number of hydrogen-bond acceptors (Lipinski definition) is 6. The molecule has 0 saturated heterocycles. The molecule has 0 aromatic heterocycles. The molecule has 0 aromatic rings. The summed E-state index contributed by atoms with van der Waals surface area (Å²) in [4.78, 5) is 33.8. The van der Waals surface area contributed by atoms with Crippen molar-refractivity contribution in [2.24, 2.45) is 23.5 Å². The Balaban J connectivity index is 2.31. The number of carboxylic acid groups (broad SMARTS) is 1. The minimum Gasteiger partial charge on any atom is -0.481 e. The van der Waals surface area contributed by atoms with Crippen molar-refractivity contribution in [2.75, 3.05) is 6.79 Å². The average Bonchev–Trinajstić information content (AvgIpc) is 2.46. The fraction of sp³-hybridized carbons (Fsp3) is 0.786. The maximum Gasteiger partial charge on any atom is 0.326 e. The number of carbonyl (C=O) groups is 3. The number of aliphatic carboxylic acids is 1. The van der Waals surface area contributed by atoms with E-state index < -0.39 is 30.7 Å². The first kappa shape index (κ1) is 17.4. The molecule has 0 spiro atoms. The van der Waals surface area contributed by atoms with Gasteiger partial charge in [0.15, 0.2) is 0 Å². The molecule has 1 rings (SSSR count). The summed E-state index contributed by atoms with van der Waals surface area (Å²) in [6, 6.07) is -0.808. The molecule has 1 atom stereocenters. The van der Waals surface area contributed by atoms with Gasteiger partial charge >= 0.3 is 17.9 Å². The Labute approximate surface area is 123 Å². The third-order valence-electron chi connectivity index (χ3n) is 3.77. The largest absolute Gasteiger partial charge is 0.481 e. The molecule has 7 heteroatoms. The molecule has 0 radical (unpaired) electrons. The molecule has 1 fully saturated rings. The van der Waals surface area contributed by atoms with Crippen molar-refractivity contribution in [2.45, 2.75) is 45.6 Å². The van der Waals surface area contributed by atoms with Gasteiger partial charge in [0, 0.05) is 0 Å². The van der Waals surface area contributed by atoms with Gasteiger partial charge in [-0.15, -0.1) is 0 Å². The first-order chi connectivity index (χ1) is 9.82. The highest BCUT2D eigenvalue weighted by atomic mass is 16.7. The number of esters is 2. The van der Waals surface area contributed by atoms with E-state index in [4.69, 9.17) is 20.3 Å². The predicted octanol–water partition coefficient (Wildman–Crippen LogP) is 0.905. The quantitative estimate of drug-likeness (QED) is 0.553. The average molecular weight is 301 g/mol. The first-order valence-corrected chi connectivity index (χ1v) is 7.14. The van der Waals surface area contributed by atoms with Gasteiger partial charge in [-0.2, -0.15) is 0 Å². The number of carbonyl (C=O) groups excluding carboxylic acids is 2. The highest BCUT2D eigenvalue weighted by Crippen LogP contribution is 2.30. The Morgan fingerprint density at radius 1 is 1.10 bits per heavy atom. The molecule has 0 bridgehead atoms. The van der Waals surface area contributed by atoms with Gasteiger partial charge in [0.05, 0.1) is 11.8 Å². The van der Waals surface area contributed by atoms with Gasteiger partial charge in [-0.3, -0.25) is 14.4 Å². The van der Waals surface area contributed by atoms with Crippen LogP contribution in [-0.2, 0) is 23.9 Å². The molecular formula is C14H23NO6. The van der Waals surface area contributed by atoms with Crippen molar-refractivity contribution < 1.29 is 29.0 Å². The Morgan fingerprint density at radius 3 is 2.10 bits per heavy atom. The molecule has 120 valence electrons. The molecule has 7 nitrogen and oxygen atoms in total. The number of nitrogens with two attached hydrogens (primary N) is 1. The Kier molecular flexibility index (Phi) is 6.61. The van der Waals surface area contributed by atoms with Crippen LogP contribution >= 0.6 is 0 Å². The van der Waals surface area contributed by atoms with Gasteiger partial charge in [-0.1, -0.05) is 13.8 Å². The molecule has 1 saturated carbocycles. The van der Waals surface area contributed by atoms with E-state index in [1.54, 1.807) is 13.8 Å². The lowest BCUT2D eigenvalue weighted by atomic mass is 9.79. The highest BCUT2D eigenvalue weighted by Gasteiger charge is 2.32. The van der Waals surface area contributed by atoms with E-state index in [9.17, 15) is 14.4 Å². The van der Waals surface area contributed by atoms with Gasteiger partial charge < -0.3 is 20.3 Å². The molecular weight excluding hydrogens is 278 g/mol. The van der Waals surface area contributed by atoms with Crippen molar-refractivity contribution in [1.29, 1.82) is 0 Å². The van der Waals surface area contributed by atoms with Crippen molar-refractivity contribution in [3.8, 4) is 0 Å². The van der Waals surface area contributed by atoms with Gasteiger partial charge in [-0.05, 0) is 31.6 Å². The van der Waals surface area contributed by atoms with E-state index in [1.807, 2.05) is 0 Å². The SMILES string of the molecule is CC(C)C(=O)OCOC(=O)C(N)C1CCC(C(=O)O)CC1. The molecule has 0 aromatic carbocycles. The molecule has 1 unspecified atom stereocenters. The second-order valence-corrected chi connectivity index (χ2v) is 5.68. The summed E-state index contributed by atoms with van der Waals surface area (Å²) in [6.45, 7) is 2.92. The Morgan fingerprint density at radius 2 is 1.62 bits per heavy atom. The number of carboxylic acids is 1. The molecule has 1 aliphatic rings. The third-order valence-corrected chi connectivity index (χ3v) is 3.77. The van der Waals surface area contributed by atoms with Gasteiger partial charge in [0.2, 0.25) is 6.79 Å². The lowest BCUT2D eigenvalue weighted by molar-refractivity contribution is -0.171. The fourth-order valence-corrected chi connectivity index (χ4v) is 2.33. The topological polar surface area (TPSA) is 116 Å². The monoisotopic (exact) mass is 301 g/mol. The van der Waals surface area contributed by atoms with Gasteiger partial charge in [0.1, 0.15) is 6.04 Å². The van der Waals surface area contributed by atoms with E-state index in [2.05, 4.69) is 0 Å². The van der Waals surface area contributed by atoms with Crippen molar-refractivity contribution in [1.82, 2.24) is 0 Å². The summed E-state index contributed by atoms with van der Waals surface area (Å²) < 4.78 is 9.57. The lowest BCUT2D eigenvalue weighted by Gasteiger charge is -2.29. The molecule has 0 amide bonds. The molecule has 21 heavy (non-hydrogen) atoms. The van der Waals surface area contributed by atoms with Crippen LogP contribution < -0.4 is 5.73 Å². The van der Waals surface area contributed by atoms with E-state index in [0.29, 0.717) is 25.7 Å². The van der Waals surface area contributed by atoms with Gasteiger partial charge in [-0.25, -0.2) is 0 Å². The number of ether oxygens (including phenoxy) is 2. The minimum absolute atomic E-state index is 0.0890. The third kappa shape index (κ3) is 5.34. The highest BCUT2D eigenvalue weighted by molar-refractivity contribution is 5.76. The lowest BCUT2D eigenvalue weighted by Crippen LogP contribution is -2.42. The number of hydrogen-bond donors (Lipinski definition) is 2. The molecule has 3 N–H and O–H groups in total. The molecule has 0 aliphatic heterocycles. The maximum atomic E-state index is 11.8. The summed E-state index contributed by atoms with van der Waals surface area (Å²) in [5.74, 6) is -2.59. The van der Waals surface area contributed by atoms with Crippen LogP contribution in [0.5, 0.6) is 0 Å². The summed E-state index contributed by atoms with van der Waals surface area (Å²) in [6.07, 6.45) is 2.20. The van der Waals surface area contributed by atoms with Crippen LogP contribution in [0.2, 0.25) is 0 Å². The van der Waals surface area contributed by atoms with Crippen LogP contribution in [0.1, 0.15) is 39.5 Å². The summed E-state index contributed by atoms with van der Waals surface area (Å²) >= 11 is 0. The maximum absolute atomic E-state index is 11.8. The van der Waals surface area contributed by atoms with Crippen molar-refractivity contribution in [3.05, 3.63) is 0 Å². The fourth-order valence-electron chi connectivity index (χ4n) is 2.33. The van der Waals surface area contributed by atoms with Crippen molar-refractivity contribution >= 4 is 17.9 Å². The van der Waals surface area contributed by atoms with Crippen molar-refractivity contribution in [3.63, 3.8) is 0 Å². The zero-order valence-corrected chi connectivity index (χ0v) is 12.4. The van der Waals surface area contributed by atoms with Crippen LogP contribution in [0.25, 0.3) is 0 Å².